The van der Waals surface area contributed by atoms with Gasteiger partial charge in [-0.3, -0.25) is 4.79 Å². The first kappa shape index (κ1) is 25.6. The van der Waals surface area contributed by atoms with Gasteiger partial charge >= 0.3 is 12.1 Å². The van der Waals surface area contributed by atoms with Gasteiger partial charge in [0.2, 0.25) is 5.91 Å². The molecule has 182 valence electrons. The van der Waals surface area contributed by atoms with Gasteiger partial charge in [-0.15, -0.1) is 0 Å². The molecule has 3 rings (SSSR count). The second-order valence-electron chi connectivity index (χ2n) is 7.98. The van der Waals surface area contributed by atoms with E-state index in [1.165, 1.54) is 18.9 Å². The highest BCUT2D eigenvalue weighted by Crippen LogP contribution is 2.44. The van der Waals surface area contributed by atoms with Crippen LogP contribution in [0.4, 0.5) is 4.79 Å². The predicted molar refractivity (Wildman–Crippen MR) is 131 cm³/mol. The molecule has 1 aliphatic rings. The molecule has 0 radical (unpaired) electrons. The van der Waals surface area contributed by atoms with E-state index in [0.717, 1.165) is 22.3 Å². The minimum absolute atomic E-state index is 0.104. The molecule has 2 amide bonds. The number of carboxylic acids is 1. The highest BCUT2D eigenvalue weighted by molar-refractivity contribution is 7.98. The second-order valence-corrected chi connectivity index (χ2v) is 8.97. The van der Waals surface area contributed by atoms with E-state index in [2.05, 4.69) is 22.8 Å². The molecule has 8 nitrogen and oxygen atoms in total. The van der Waals surface area contributed by atoms with Crippen LogP contribution >= 0.6 is 11.8 Å². The SMILES string of the molecule is COCCC(NC(=O)OCC1c2ccccc2-c2ccccc21)C(=O)N[C@@H](CCSC)C(=O)O. The summed E-state index contributed by atoms with van der Waals surface area (Å²) in [5.41, 5.74) is 4.41. The largest absolute Gasteiger partial charge is 0.480 e. The molecule has 2 atom stereocenters. The van der Waals surface area contributed by atoms with E-state index in [1.807, 2.05) is 42.7 Å². The lowest BCUT2D eigenvalue weighted by molar-refractivity contribution is -0.142. The lowest BCUT2D eigenvalue weighted by atomic mass is 9.98. The molecule has 2 aromatic rings. The smallest absolute Gasteiger partial charge is 0.407 e. The summed E-state index contributed by atoms with van der Waals surface area (Å²) in [6.45, 7) is 0.328. The Kier molecular flexibility index (Phi) is 9.35. The number of ether oxygens (including phenoxy) is 2. The van der Waals surface area contributed by atoms with E-state index >= 15 is 0 Å². The molecule has 0 spiro atoms. The summed E-state index contributed by atoms with van der Waals surface area (Å²) in [4.78, 5) is 36.9. The normalized spacial score (nSPS) is 13.9. The Hall–Kier alpha value is -3.04. The third kappa shape index (κ3) is 6.30. The second kappa shape index (κ2) is 12.4. The Morgan fingerprint density at radius 3 is 2.15 bits per heavy atom. The predicted octanol–water partition coefficient (Wildman–Crippen LogP) is 3.25. The number of carbonyl (C=O) groups is 3. The van der Waals surface area contributed by atoms with Gasteiger partial charge in [0.1, 0.15) is 18.7 Å². The summed E-state index contributed by atoms with van der Waals surface area (Å²) >= 11 is 1.49. The van der Waals surface area contributed by atoms with Gasteiger partial charge < -0.3 is 25.2 Å². The third-order valence-electron chi connectivity index (χ3n) is 5.79. The zero-order valence-corrected chi connectivity index (χ0v) is 20.1. The average molecular weight is 487 g/mol. The summed E-state index contributed by atoms with van der Waals surface area (Å²) in [6.07, 6.45) is 1.58. The van der Waals surface area contributed by atoms with Gasteiger partial charge in [0.15, 0.2) is 0 Å². The van der Waals surface area contributed by atoms with E-state index in [1.54, 1.807) is 0 Å². The zero-order valence-electron chi connectivity index (χ0n) is 19.3. The number of carbonyl (C=O) groups excluding carboxylic acids is 2. The fourth-order valence-corrected chi connectivity index (χ4v) is 4.52. The van der Waals surface area contributed by atoms with Crippen LogP contribution in [0.2, 0.25) is 0 Å². The molecule has 0 aliphatic heterocycles. The van der Waals surface area contributed by atoms with Crippen molar-refractivity contribution in [3.63, 3.8) is 0 Å². The van der Waals surface area contributed by atoms with Gasteiger partial charge in [0, 0.05) is 26.1 Å². The van der Waals surface area contributed by atoms with Gasteiger partial charge in [0.25, 0.3) is 0 Å². The molecule has 0 heterocycles. The molecule has 0 bridgehead atoms. The minimum Gasteiger partial charge on any atom is -0.480 e. The highest BCUT2D eigenvalue weighted by Gasteiger charge is 2.30. The molecule has 2 aromatic carbocycles. The third-order valence-corrected chi connectivity index (χ3v) is 6.43. The summed E-state index contributed by atoms with van der Waals surface area (Å²) in [6, 6.07) is 14.0. The summed E-state index contributed by atoms with van der Waals surface area (Å²) in [5, 5.41) is 14.5. The number of hydrogen-bond donors (Lipinski definition) is 3. The Bertz CT molecular complexity index is 969. The van der Waals surface area contributed by atoms with Crippen molar-refractivity contribution in [2.75, 3.05) is 32.3 Å². The molecule has 0 fully saturated rings. The maximum Gasteiger partial charge on any atom is 0.407 e. The first-order chi connectivity index (χ1) is 16.5. The van der Waals surface area contributed by atoms with Crippen molar-refractivity contribution >= 4 is 29.7 Å². The van der Waals surface area contributed by atoms with Crippen molar-refractivity contribution < 1.29 is 29.0 Å². The number of hydrogen-bond acceptors (Lipinski definition) is 6. The van der Waals surface area contributed by atoms with Crippen LogP contribution in [0.25, 0.3) is 11.1 Å². The number of thioether (sulfide) groups is 1. The number of nitrogens with one attached hydrogen (secondary N) is 2. The van der Waals surface area contributed by atoms with Crippen molar-refractivity contribution in [3.8, 4) is 11.1 Å². The molecule has 3 N–H and O–H groups in total. The van der Waals surface area contributed by atoms with Gasteiger partial charge in [0.05, 0.1) is 0 Å². The van der Waals surface area contributed by atoms with E-state index in [-0.39, 0.29) is 32.0 Å². The van der Waals surface area contributed by atoms with Crippen LogP contribution in [0.1, 0.15) is 29.9 Å². The molecule has 1 aliphatic carbocycles. The van der Waals surface area contributed by atoms with Crippen LogP contribution in [0, 0.1) is 0 Å². The average Bonchev–Trinajstić information content (AvgIpc) is 3.16. The van der Waals surface area contributed by atoms with Crippen molar-refractivity contribution in [3.05, 3.63) is 59.7 Å². The molecule has 34 heavy (non-hydrogen) atoms. The van der Waals surface area contributed by atoms with Crippen LogP contribution in [-0.4, -0.2) is 67.5 Å². The Morgan fingerprint density at radius 1 is 0.971 bits per heavy atom. The number of amides is 2. The van der Waals surface area contributed by atoms with E-state index < -0.39 is 30.1 Å². The topological polar surface area (TPSA) is 114 Å². The van der Waals surface area contributed by atoms with Gasteiger partial charge in [-0.1, -0.05) is 48.5 Å². The number of aliphatic carboxylic acids is 1. The van der Waals surface area contributed by atoms with E-state index in [9.17, 15) is 19.5 Å². The molecule has 9 heteroatoms. The Balaban J connectivity index is 1.64. The number of benzene rings is 2. The molecule has 0 saturated carbocycles. The molecule has 1 unspecified atom stereocenters. The number of fused-ring (bicyclic) bond motifs is 3. The van der Waals surface area contributed by atoms with Crippen molar-refractivity contribution in [1.29, 1.82) is 0 Å². The standard InChI is InChI=1S/C25H30N2O6S/c1-32-13-11-21(23(28)26-22(24(29)30)12-14-34-2)27-25(31)33-15-20-18-9-5-3-7-16(18)17-8-4-6-10-19(17)20/h3-10,20-22H,11-15H2,1-2H3,(H,26,28)(H,27,31)(H,29,30)/t21?,22-/m0/s1. The number of methoxy groups -OCH3 is 1. The van der Waals surface area contributed by atoms with Crippen molar-refractivity contribution in [2.45, 2.75) is 30.8 Å². The van der Waals surface area contributed by atoms with Crippen LogP contribution in [-0.2, 0) is 19.1 Å². The molecule has 0 saturated heterocycles. The highest BCUT2D eigenvalue weighted by atomic mass is 32.2. The maximum absolute atomic E-state index is 12.7. The fourth-order valence-electron chi connectivity index (χ4n) is 4.05. The van der Waals surface area contributed by atoms with E-state index in [4.69, 9.17) is 9.47 Å². The maximum atomic E-state index is 12.7. The zero-order chi connectivity index (χ0) is 24.5. The Morgan fingerprint density at radius 2 is 1.59 bits per heavy atom. The van der Waals surface area contributed by atoms with E-state index in [0.29, 0.717) is 5.75 Å². The molecular formula is C25H30N2O6S. The lowest BCUT2D eigenvalue weighted by Gasteiger charge is -2.21. The Labute approximate surface area is 203 Å². The first-order valence-electron chi connectivity index (χ1n) is 11.1. The van der Waals surface area contributed by atoms with Crippen molar-refractivity contribution in [2.24, 2.45) is 0 Å². The van der Waals surface area contributed by atoms with Gasteiger partial charge in [-0.25, -0.2) is 9.59 Å². The van der Waals surface area contributed by atoms with Crippen LogP contribution in [0.5, 0.6) is 0 Å². The van der Waals surface area contributed by atoms with Crippen molar-refractivity contribution in [1.82, 2.24) is 10.6 Å². The van der Waals surface area contributed by atoms with Crippen LogP contribution < -0.4 is 10.6 Å². The van der Waals surface area contributed by atoms with Gasteiger partial charge in [-0.2, -0.15) is 11.8 Å². The minimum atomic E-state index is -1.12. The summed E-state index contributed by atoms with van der Waals surface area (Å²) < 4.78 is 10.6. The number of carboxylic acid groups (broad SMARTS) is 1. The lowest BCUT2D eigenvalue weighted by Crippen LogP contribution is -2.52. The molecular weight excluding hydrogens is 456 g/mol. The van der Waals surface area contributed by atoms with Gasteiger partial charge in [-0.05, 0) is 40.7 Å². The number of rotatable bonds is 12. The van der Waals surface area contributed by atoms with Crippen LogP contribution in [0.3, 0.4) is 0 Å². The van der Waals surface area contributed by atoms with Crippen LogP contribution in [0.15, 0.2) is 48.5 Å². The number of alkyl carbamates (subject to hydrolysis) is 1. The first-order valence-corrected chi connectivity index (χ1v) is 12.5. The fraction of sp³-hybridized carbons (Fsp3) is 0.400. The monoisotopic (exact) mass is 486 g/mol. The molecule has 0 aromatic heterocycles. The summed E-state index contributed by atoms with van der Waals surface area (Å²) in [7, 11) is 1.49. The quantitative estimate of drug-likeness (QED) is 0.422. The summed E-state index contributed by atoms with van der Waals surface area (Å²) in [5.74, 6) is -1.22.